The minimum atomic E-state index is -0.0833. The molecule has 0 radical (unpaired) electrons. The van der Waals surface area contributed by atoms with Crippen molar-refractivity contribution in [3.05, 3.63) is 45.2 Å². The van der Waals surface area contributed by atoms with Gasteiger partial charge in [-0.1, -0.05) is 20.8 Å². The fourth-order valence-corrected chi connectivity index (χ4v) is 3.95. The Labute approximate surface area is 138 Å². The smallest absolute Gasteiger partial charge is 0.267 e. The van der Waals surface area contributed by atoms with E-state index in [4.69, 9.17) is 0 Å². The minimum Gasteiger partial charge on any atom is -0.321 e. The largest absolute Gasteiger partial charge is 0.321 e. The van der Waals surface area contributed by atoms with E-state index in [0.29, 0.717) is 4.88 Å². The Kier molecular flexibility index (Phi) is 3.78. The van der Waals surface area contributed by atoms with E-state index in [1.54, 1.807) is 11.3 Å². The number of aromatic nitrogens is 1. The fraction of sp³-hybridized carbons (Fsp3) is 0.294. The van der Waals surface area contributed by atoms with Gasteiger partial charge in [0, 0.05) is 15.8 Å². The van der Waals surface area contributed by atoms with Crippen LogP contribution < -0.4 is 5.32 Å². The number of nitrogens with one attached hydrogen (secondary N) is 1. The monoisotopic (exact) mass is 330 g/mol. The van der Waals surface area contributed by atoms with Gasteiger partial charge >= 0.3 is 0 Å². The second-order valence-corrected chi connectivity index (χ2v) is 8.26. The molecule has 3 rings (SSSR count). The van der Waals surface area contributed by atoms with Crippen LogP contribution in [0, 0.1) is 6.92 Å². The third kappa shape index (κ3) is 2.91. The molecule has 0 saturated heterocycles. The summed E-state index contributed by atoms with van der Waals surface area (Å²) in [6, 6.07) is 8.05. The first-order valence-corrected chi connectivity index (χ1v) is 8.81. The van der Waals surface area contributed by atoms with Gasteiger partial charge in [0.2, 0.25) is 0 Å². The molecule has 0 bridgehead atoms. The van der Waals surface area contributed by atoms with E-state index in [0.717, 1.165) is 21.8 Å². The second kappa shape index (κ2) is 5.48. The first-order valence-electron chi connectivity index (χ1n) is 7.11. The lowest BCUT2D eigenvalue weighted by atomic mass is 9.98. The normalized spacial score (nSPS) is 11.8. The zero-order chi connectivity index (χ0) is 15.9. The summed E-state index contributed by atoms with van der Waals surface area (Å²) in [5.41, 5.74) is 1.58. The Morgan fingerprint density at radius 1 is 1.23 bits per heavy atom. The van der Waals surface area contributed by atoms with E-state index in [1.165, 1.54) is 16.0 Å². The van der Waals surface area contributed by atoms with E-state index in [-0.39, 0.29) is 11.3 Å². The molecule has 2 heterocycles. The molecule has 5 heteroatoms. The summed E-state index contributed by atoms with van der Waals surface area (Å²) in [7, 11) is 0. The molecule has 2 aromatic heterocycles. The standard InChI is InChI=1S/C17H18N2OS2/c1-10-14(22-16(18-10)17(2,3)4)15(20)19-12-5-6-13-11(9-12)7-8-21-13/h5-9H,1-4H3,(H,19,20). The minimum absolute atomic E-state index is 0.0382. The highest BCUT2D eigenvalue weighted by atomic mass is 32.1. The van der Waals surface area contributed by atoms with Crippen LogP contribution in [0.1, 0.15) is 41.1 Å². The summed E-state index contributed by atoms with van der Waals surface area (Å²) in [4.78, 5) is 17.7. The number of anilines is 1. The van der Waals surface area contributed by atoms with Crippen LogP contribution in [0.2, 0.25) is 0 Å². The lowest BCUT2D eigenvalue weighted by molar-refractivity contribution is 0.103. The van der Waals surface area contributed by atoms with E-state index in [9.17, 15) is 4.79 Å². The lowest BCUT2D eigenvalue weighted by Gasteiger charge is -2.13. The third-order valence-electron chi connectivity index (χ3n) is 3.35. The SMILES string of the molecule is Cc1nc(C(C)(C)C)sc1C(=O)Nc1ccc2sccc2c1. The van der Waals surface area contributed by atoms with Crippen LogP contribution in [0.5, 0.6) is 0 Å². The number of carbonyl (C=O) groups excluding carboxylic acids is 1. The van der Waals surface area contributed by atoms with Crippen molar-refractivity contribution in [2.45, 2.75) is 33.1 Å². The number of thiophene rings is 1. The molecule has 1 aromatic carbocycles. The average Bonchev–Trinajstić information content (AvgIpc) is 3.03. The highest BCUT2D eigenvalue weighted by Gasteiger charge is 2.23. The molecule has 0 spiro atoms. The maximum atomic E-state index is 12.5. The van der Waals surface area contributed by atoms with Gasteiger partial charge in [-0.2, -0.15) is 0 Å². The Bertz CT molecular complexity index is 840. The summed E-state index contributed by atoms with van der Waals surface area (Å²) < 4.78 is 1.22. The molecule has 22 heavy (non-hydrogen) atoms. The van der Waals surface area contributed by atoms with Crippen molar-refractivity contribution in [3.63, 3.8) is 0 Å². The van der Waals surface area contributed by atoms with Crippen LogP contribution in [0.4, 0.5) is 5.69 Å². The van der Waals surface area contributed by atoms with Crippen LogP contribution in [-0.4, -0.2) is 10.9 Å². The summed E-state index contributed by atoms with van der Waals surface area (Å²) in [6.07, 6.45) is 0. The van der Waals surface area contributed by atoms with E-state index in [1.807, 2.05) is 25.1 Å². The van der Waals surface area contributed by atoms with Gasteiger partial charge in [-0.25, -0.2) is 4.98 Å². The van der Waals surface area contributed by atoms with Crippen LogP contribution in [-0.2, 0) is 5.41 Å². The van der Waals surface area contributed by atoms with Gasteiger partial charge in [-0.3, -0.25) is 4.79 Å². The molecule has 0 fully saturated rings. The van der Waals surface area contributed by atoms with Crippen molar-refractivity contribution >= 4 is 44.4 Å². The summed E-state index contributed by atoms with van der Waals surface area (Å²) in [6.45, 7) is 8.22. The molecule has 0 saturated carbocycles. The predicted molar refractivity (Wildman–Crippen MR) is 95.3 cm³/mol. The molecular weight excluding hydrogens is 312 g/mol. The number of hydrogen-bond acceptors (Lipinski definition) is 4. The zero-order valence-corrected chi connectivity index (χ0v) is 14.7. The van der Waals surface area contributed by atoms with Gasteiger partial charge in [-0.05, 0) is 42.0 Å². The number of carbonyl (C=O) groups is 1. The van der Waals surface area contributed by atoms with Gasteiger partial charge in [-0.15, -0.1) is 22.7 Å². The van der Waals surface area contributed by atoms with Gasteiger partial charge in [0.1, 0.15) is 4.88 Å². The van der Waals surface area contributed by atoms with Crippen molar-refractivity contribution in [1.82, 2.24) is 4.98 Å². The zero-order valence-electron chi connectivity index (χ0n) is 13.1. The number of benzene rings is 1. The number of amides is 1. The van der Waals surface area contributed by atoms with Crippen LogP contribution in [0.3, 0.4) is 0 Å². The number of fused-ring (bicyclic) bond motifs is 1. The average molecular weight is 330 g/mol. The summed E-state index contributed by atoms with van der Waals surface area (Å²) in [5, 5.41) is 7.18. The highest BCUT2D eigenvalue weighted by molar-refractivity contribution is 7.17. The van der Waals surface area contributed by atoms with Gasteiger partial charge in [0.05, 0.1) is 10.7 Å². The van der Waals surface area contributed by atoms with Gasteiger partial charge in [0.15, 0.2) is 0 Å². The highest BCUT2D eigenvalue weighted by Crippen LogP contribution is 2.30. The lowest BCUT2D eigenvalue weighted by Crippen LogP contribution is -2.11. The maximum absolute atomic E-state index is 12.5. The number of aryl methyl sites for hydroxylation is 1. The molecule has 0 aliphatic rings. The van der Waals surface area contributed by atoms with Crippen LogP contribution in [0.15, 0.2) is 29.6 Å². The van der Waals surface area contributed by atoms with Gasteiger partial charge in [0.25, 0.3) is 5.91 Å². The molecule has 114 valence electrons. The number of hydrogen-bond donors (Lipinski definition) is 1. The Morgan fingerprint density at radius 2 is 2.00 bits per heavy atom. The maximum Gasteiger partial charge on any atom is 0.267 e. The molecule has 0 unspecified atom stereocenters. The van der Waals surface area contributed by atoms with E-state index < -0.39 is 0 Å². The Balaban J connectivity index is 1.86. The number of rotatable bonds is 2. The Morgan fingerprint density at radius 3 is 2.68 bits per heavy atom. The molecule has 1 amide bonds. The van der Waals surface area contributed by atoms with Crippen molar-refractivity contribution < 1.29 is 4.79 Å². The second-order valence-electron chi connectivity index (χ2n) is 6.31. The van der Waals surface area contributed by atoms with E-state index >= 15 is 0 Å². The molecule has 3 nitrogen and oxygen atoms in total. The molecule has 3 aromatic rings. The molecule has 0 aliphatic heterocycles. The summed E-state index contributed by atoms with van der Waals surface area (Å²) >= 11 is 3.18. The first-order chi connectivity index (χ1) is 10.3. The predicted octanol–water partition coefficient (Wildman–Crippen LogP) is 5.22. The quantitative estimate of drug-likeness (QED) is 0.700. The van der Waals surface area contributed by atoms with Crippen molar-refractivity contribution in [2.24, 2.45) is 0 Å². The summed E-state index contributed by atoms with van der Waals surface area (Å²) in [5.74, 6) is -0.0833. The molecule has 1 N–H and O–H groups in total. The number of thiazole rings is 1. The molecule has 0 atom stereocenters. The van der Waals surface area contributed by atoms with E-state index in [2.05, 4.69) is 42.5 Å². The van der Waals surface area contributed by atoms with Crippen molar-refractivity contribution in [3.8, 4) is 0 Å². The third-order valence-corrected chi connectivity index (χ3v) is 5.83. The van der Waals surface area contributed by atoms with Gasteiger partial charge < -0.3 is 5.32 Å². The Hall–Kier alpha value is -1.72. The molecular formula is C17H18N2OS2. The van der Waals surface area contributed by atoms with Crippen LogP contribution in [0.25, 0.3) is 10.1 Å². The van der Waals surface area contributed by atoms with Crippen molar-refractivity contribution in [2.75, 3.05) is 5.32 Å². The fourth-order valence-electron chi connectivity index (χ4n) is 2.16. The topological polar surface area (TPSA) is 42.0 Å². The molecule has 0 aliphatic carbocycles. The van der Waals surface area contributed by atoms with Crippen LogP contribution >= 0.6 is 22.7 Å². The van der Waals surface area contributed by atoms with Crippen molar-refractivity contribution in [1.29, 1.82) is 0 Å². The number of nitrogens with zero attached hydrogens (tertiary/aromatic N) is 1. The first kappa shape index (κ1) is 15.2.